The lowest BCUT2D eigenvalue weighted by Crippen LogP contribution is -2.71. The second-order valence-electron chi connectivity index (χ2n) is 4.70. The molecule has 3 heteroatoms. The van der Waals surface area contributed by atoms with Gasteiger partial charge in [-0.3, -0.25) is 0 Å². The first-order chi connectivity index (χ1) is 7.19. The maximum atomic E-state index is 4.36. The highest BCUT2D eigenvalue weighted by atomic mass is 15.3. The molecule has 0 saturated carbocycles. The molecule has 2 rings (SSSR count). The molecule has 2 fully saturated rings. The van der Waals surface area contributed by atoms with Crippen molar-refractivity contribution in [3.63, 3.8) is 0 Å². The summed E-state index contributed by atoms with van der Waals surface area (Å²) in [4.78, 5) is 9.03. The lowest BCUT2D eigenvalue weighted by Gasteiger charge is -2.60. The summed E-state index contributed by atoms with van der Waals surface area (Å²) in [7, 11) is 2.18. The van der Waals surface area contributed by atoms with Crippen LogP contribution in [0.4, 0.5) is 0 Å². The molecule has 0 atom stereocenters. The zero-order valence-corrected chi connectivity index (χ0v) is 9.61. The highest BCUT2D eigenvalue weighted by molar-refractivity contribution is 5.93. The molecule has 0 unspecified atom stereocenters. The largest absolute Gasteiger partial charge is 0.355 e. The molecule has 15 heavy (non-hydrogen) atoms. The van der Waals surface area contributed by atoms with Crippen LogP contribution in [0.1, 0.15) is 6.92 Å². The van der Waals surface area contributed by atoms with Crippen molar-refractivity contribution in [3.8, 4) is 0 Å². The number of aliphatic imine (C=N–C) groups is 1. The Balaban J connectivity index is 1.90. The first-order valence-electron chi connectivity index (χ1n) is 5.44. The number of rotatable bonds is 2. The summed E-state index contributed by atoms with van der Waals surface area (Å²) in [6, 6.07) is 0. The second kappa shape index (κ2) is 3.81. The van der Waals surface area contributed by atoms with Crippen molar-refractivity contribution in [1.82, 2.24) is 9.80 Å². The Hall–Kier alpha value is -1.09. The minimum Gasteiger partial charge on any atom is -0.355 e. The number of hydrogen-bond acceptors (Lipinski definition) is 2. The van der Waals surface area contributed by atoms with E-state index in [0.717, 1.165) is 18.9 Å². The second-order valence-corrected chi connectivity index (χ2v) is 4.70. The quantitative estimate of drug-likeness (QED) is 0.500. The van der Waals surface area contributed by atoms with E-state index in [1.54, 1.807) is 0 Å². The predicted molar refractivity (Wildman–Crippen MR) is 63.9 cm³/mol. The summed E-state index contributed by atoms with van der Waals surface area (Å²) in [5.41, 5.74) is 0.564. The molecule has 0 radical (unpaired) electrons. The molecule has 2 aliphatic heterocycles. The molecule has 0 aromatic heterocycles. The third-order valence-corrected chi connectivity index (χ3v) is 3.13. The van der Waals surface area contributed by atoms with Crippen LogP contribution in [0, 0.1) is 5.41 Å². The van der Waals surface area contributed by atoms with Crippen LogP contribution in [0.3, 0.4) is 0 Å². The van der Waals surface area contributed by atoms with Crippen molar-refractivity contribution in [2.75, 3.05) is 33.2 Å². The summed E-state index contributed by atoms with van der Waals surface area (Å²) >= 11 is 0. The summed E-state index contributed by atoms with van der Waals surface area (Å²) < 4.78 is 0. The van der Waals surface area contributed by atoms with Gasteiger partial charge in [-0.05, 0) is 20.0 Å². The van der Waals surface area contributed by atoms with Gasteiger partial charge in [-0.25, -0.2) is 4.99 Å². The van der Waals surface area contributed by atoms with Crippen LogP contribution in [0.25, 0.3) is 0 Å². The van der Waals surface area contributed by atoms with Crippen LogP contribution in [0.5, 0.6) is 0 Å². The molecule has 0 aromatic carbocycles. The van der Waals surface area contributed by atoms with Crippen molar-refractivity contribution >= 4 is 5.84 Å². The first kappa shape index (κ1) is 10.4. The maximum absolute atomic E-state index is 4.36. The molecule has 0 aromatic rings. The van der Waals surface area contributed by atoms with Gasteiger partial charge in [0.25, 0.3) is 0 Å². The van der Waals surface area contributed by atoms with Crippen LogP contribution in [0.15, 0.2) is 29.9 Å². The lowest BCUT2D eigenvalue weighted by molar-refractivity contribution is -0.0732. The standard InChI is InChI=1S/C12H19N3/c1-4-6-13-11(5-2)15-9-12(10-15)7-14(3)8-12/h4-6H,2,7-10H2,1,3H3/b6-4-,13-11+. The van der Waals surface area contributed by atoms with E-state index in [-0.39, 0.29) is 0 Å². The van der Waals surface area contributed by atoms with Gasteiger partial charge in [0.15, 0.2) is 0 Å². The minimum atomic E-state index is 0.564. The fourth-order valence-corrected chi connectivity index (χ4v) is 2.64. The van der Waals surface area contributed by atoms with Gasteiger partial charge in [0.2, 0.25) is 0 Å². The van der Waals surface area contributed by atoms with E-state index in [2.05, 4.69) is 28.4 Å². The molecule has 2 heterocycles. The lowest BCUT2D eigenvalue weighted by atomic mass is 9.73. The van der Waals surface area contributed by atoms with E-state index in [0.29, 0.717) is 5.41 Å². The molecule has 3 nitrogen and oxygen atoms in total. The Morgan fingerprint density at radius 1 is 1.33 bits per heavy atom. The Kier molecular flexibility index (Phi) is 2.65. The molecular formula is C12H19N3. The molecule has 0 aliphatic carbocycles. The zero-order valence-electron chi connectivity index (χ0n) is 9.61. The average molecular weight is 205 g/mol. The fourth-order valence-electron chi connectivity index (χ4n) is 2.64. The molecule has 0 bridgehead atoms. The average Bonchev–Trinajstić information content (AvgIpc) is 2.12. The van der Waals surface area contributed by atoms with Crippen LogP contribution < -0.4 is 0 Å². The SMILES string of the molecule is C=C/C(=N\C=C/C)N1CC2(CN(C)C2)C1. The van der Waals surface area contributed by atoms with Gasteiger partial charge in [-0.2, -0.15) is 0 Å². The maximum Gasteiger partial charge on any atom is 0.127 e. The van der Waals surface area contributed by atoms with Gasteiger partial charge in [-0.15, -0.1) is 0 Å². The zero-order chi connectivity index (χ0) is 10.9. The van der Waals surface area contributed by atoms with Gasteiger partial charge in [0.1, 0.15) is 5.84 Å². The fraction of sp³-hybridized carbons (Fsp3) is 0.583. The summed E-state index contributed by atoms with van der Waals surface area (Å²) in [5.74, 6) is 1.01. The summed E-state index contributed by atoms with van der Waals surface area (Å²) in [6.45, 7) is 10.5. The molecule has 0 amide bonds. The highest BCUT2D eigenvalue weighted by Crippen LogP contribution is 2.38. The van der Waals surface area contributed by atoms with Crippen molar-refractivity contribution in [2.45, 2.75) is 6.92 Å². The Labute approximate surface area is 91.8 Å². The summed E-state index contributed by atoms with van der Waals surface area (Å²) in [5, 5.41) is 0. The normalized spacial score (nSPS) is 25.5. The van der Waals surface area contributed by atoms with E-state index in [1.165, 1.54) is 13.1 Å². The van der Waals surface area contributed by atoms with E-state index in [1.807, 2.05) is 25.3 Å². The third-order valence-electron chi connectivity index (χ3n) is 3.13. The van der Waals surface area contributed by atoms with E-state index >= 15 is 0 Å². The van der Waals surface area contributed by atoms with Crippen LogP contribution >= 0.6 is 0 Å². The predicted octanol–water partition coefficient (Wildman–Crippen LogP) is 1.35. The molecule has 2 saturated heterocycles. The number of allylic oxidation sites excluding steroid dienone is 1. The Bertz CT molecular complexity index is 303. The Morgan fingerprint density at radius 3 is 2.47 bits per heavy atom. The molecule has 82 valence electrons. The van der Waals surface area contributed by atoms with Gasteiger partial charge in [-0.1, -0.05) is 12.7 Å². The van der Waals surface area contributed by atoms with E-state index < -0.39 is 0 Å². The van der Waals surface area contributed by atoms with Crippen molar-refractivity contribution in [2.24, 2.45) is 10.4 Å². The van der Waals surface area contributed by atoms with Crippen LogP contribution in [-0.2, 0) is 0 Å². The monoisotopic (exact) mass is 205 g/mol. The smallest absolute Gasteiger partial charge is 0.127 e. The summed E-state index contributed by atoms with van der Waals surface area (Å²) in [6.07, 6.45) is 5.61. The van der Waals surface area contributed by atoms with Gasteiger partial charge < -0.3 is 9.80 Å². The van der Waals surface area contributed by atoms with E-state index in [4.69, 9.17) is 0 Å². The van der Waals surface area contributed by atoms with Crippen molar-refractivity contribution in [1.29, 1.82) is 0 Å². The third kappa shape index (κ3) is 1.84. The van der Waals surface area contributed by atoms with Crippen molar-refractivity contribution in [3.05, 3.63) is 24.9 Å². The number of amidine groups is 1. The highest BCUT2D eigenvalue weighted by Gasteiger charge is 2.50. The van der Waals surface area contributed by atoms with Gasteiger partial charge in [0, 0.05) is 37.8 Å². The van der Waals surface area contributed by atoms with E-state index in [9.17, 15) is 0 Å². The van der Waals surface area contributed by atoms with Crippen LogP contribution in [0.2, 0.25) is 0 Å². The first-order valence-corrected chi connectivity index (χ1v) is 5.44. The topological polar surface area (TPSA) is 18.8 Å². The number of hydrogen-bond donors (Lipinski definition) is 0. The van der Waals surface area contributed by atoms with Crippen molar-refractivity contribution < 1.29 is 0 Å². The molecular weight excluding hydrogens is 186 g/mol. The molecule has 2 aliphatic rings. The Morgan fingerprint density at radius 2 is 2.00 bits per heavy atom. The number of likely N-dealkylation sites (tertiary alicyclic amines) is 2. The molecule has 0 N–H and O–H groups in total. The minimum absolute atomic E-state index is 0.564. The molecule has 1 spiro atoms. The van der Waals surface area contributed by atoms with Crippen LogP contribution in [-0.4, -0.2) is 48.9 Å². The van der Waals surface area contributed by atoms with Gasteiger partial charge in [0.05, 0.1) is 0 Å². The van der Waals surface area contributed by atoms with Gasteiger partial charge >= 0.3 is 0 Å². The number of nitrogens with zero attached hydrogens (tertiary/aromatic N) is 3.